The highest BCUT2D eigenvalue weighted by Crippen LogP contribution is 2.40. The number of benzene rings is 2. The smallest absolute Gasteiger partial charge is 0.338 e. The standard InChI is InChI=1S/C31H36N2O7S/c1-8-38-28-21(11-10-12-23(28)36-6)27-26(30(35)39-9-2)19(5)32-31-33(27)29(34)25(41-31)16-20-13-14-22(24(15-20)37-7)40-17-18(3)4/h10-16,18,27H,8-9,17H2,1-7H3/b25-16+/t27-/m1/s1. The van der Waals surface area contributed by atoms with E-state index in [1.807, 2.05) is 31.2 Å². The number of thiazole rings is 1. The summed E-state index contributed by atoms with van der Waals surface area (Å²) in [6, 6.07) is 10.1. The van der Waals surface area contributed by atoms with Crippen LogP contribution in [-0.4, -0.2) is 44.6 Å². The van der Waals surface area contributed by atoms with E-state index in [9.17, 15) is 9.59 Å². The minimum Gasteiger partial charge on any atom is -0.493 e. The number of carbonyl (C=O) groups excluding carboxylic acids is 1. The molecular formula is C31H36N2O7S. The molecule has 9 nitrogen and oxygen atoms in total. The zero-order valence-corrected chi connectivity index (χ0v) is 25.3. The molecule has 1 aliphatic heterocycles. The Labute approximate surface area is 243 Å². The van der Waals surface area contributed by atoms with Gasteiger partial charge in [0.05, 0.1) is 49.8 Å². The number of aromatic nitrogens is 1. The average molecular weight is 581 g/mol. The molecule has 1 aliphatic rings. The molecule has 2 heterocycles. The molecule has 1 atom stereocenters. The predicted molar refractivity (Wildman–Crippen MR) is 158 cm³/mol. The lowest BCUT2D eigenvalue weighted by Crippen LogP contribution is -2.40. The molecule has 2 aromatic carbocycles. The largest absolute Gasteiger partial charge is 0.493 e. The quantitative estimate of drug-likeness (QED) is 0.313. The molecule has 0 N–H and O–H groups in total. The van der Waals surface area contributed by atoms with Crippen molar-refractivity contribution in [3.8, 4) is 23.0 Å². The molecule has 0 unspecified atom stereocenters. The van der Waals surface area contributed by atoms with Crippen LogP contribution in [0.25, 0.3) is 6.08 Å². The average Bonchev–Trinajstić information content (AvgIpc) is 3.25. The van der Waals surface area contributed by atoms with Gasteiger partial charge in [-0.05, 0) is 56.5 Å². The Morgan fingerprint density at radius 2 is 1.80 bits per heavy atom. The highest BCUT2D eigenvalue weighted by atomic mass is 32.1. The highest BCUT2D eigenvalue weighted by Gasteiger charge is 2.36. The second-order valence-corrected chi connectivity index (χ2v) is 10.7. The molecule has 0 fully saturated rings. The van der Waals surface area contributed by atoms with E-state index in [0.29, 0.717) is 62.7 Å². The maximum atomic E-state index is 14.0. The van der Waals surface area contributed by atoms with Crippen molar-refractivity contribution in [1.82, 2.24) is 4.57 Å². The second kappa shape index (κ2) is 13.1. The lowest BCUT2D eigenvalue weighted by atomic mass is 9.94. The van der Waals surface area contributed by atoms with E-state index in [2.05, 4.69) is 18.8 Å². The molecule has 0 saturated carbocycles. The zero-order chi connectivity index (χ0) is 29.7. The zero-order valence-electron chi connectivity index (χ0n) is 24.5. The number of ether oxygens (including phenoxy) is 5. The minimum absolute atomic E-state index is 0.182. The van der Waals surface area contributed by atoms with Crippen LogP contribution in [0.2, 0.25) is 0 Å². The first kappa shape index (κ1) is 29.9. The molecule has 1 aromatic heterocycles. The summed E-state index contributed by atoms with van der Waals surface area (Å²) in [6.07, 6.45) is 1.79. The van der Waals surface area contributed by atoms with Gasteiger partial charge >= 0.3 is 5.97 Å². The van der Waals surface area contributed by atoms with Crippen molar-refractivity contribution in [3.63, 3.8) is 0 Å². The molecular weight excluding hydrogens is 544 g/mol. The number of methoxy groups -OCH3 is 2. The van der Waals surface area contributed by atoms with Gasteiger partial charge in [0.2, 0.25) is 0 Å². The van der Waals surface area contributed by atoms with E-state index < -0.39 is 12.0 Å². The fourth-order valence-corrected chi connectivity index (χ4v) is 5.64. The predicted octanol–water partition coefficient (Wildman–Crippen LogP) is 4.25. The molecule has 0 radical (unpaired) electrons. The molecule has 0 amide bonds. The molecule has 218 valence electrons. The van der Waals surface area contributed by atoms with Crippen molar-refractivity contribution in [2.24, 2.45) is 10.9 Å². The van der Waals surface area contributed by atoms with Gasteiger partial charge in [-0.1, -0.05) is 43.4 Å². The number of fused-ring (bicyclic) bond motifs is 1. The lowest BCUT2D eigenvalue weighted by molar-refractivity contribution is -0.139. The summed E-state index contributed by atoms with van der Waals surface area (Å²) in [5.74, 6) is 1.98. The molecule has 0 spiro atoms. The van der Waals surface area contributed by atoms with E-state index in [-0.39, 0.29) is 17.7 Å². The Bertz CT molecular complexity index is 1630. The summed E-state index contributed by atoms with van der Waals surface area (Å²) in [5, 5.41) is 0. The molecule has 10 heteroatoms. The van der Waals surface area contributed by atoms with Gasteiger partial charge in [-0.25, -0.2) is 9.79 Å². The number of nitrogens with zero attached hydrogens (tertiary/aromatic N) is 2. The minimum atomic E-state index is -0.828. The number of hydrogen-bond acceptors (Lipinski definition) is 9. The third-order valence-electron chi connectivity index (χ3n) is 6.39. The van der Waals surface area contributed by atoms with Crippen LogP contribution >= 0.6 is 11.3 Å². The number of carbonyl (C=O) groups is 1. The van der Waals surface area contributed by atoms with Gasteiger partial charge in [0.25, 0.3) is 5.56 Å². The number of para-hydroxylation sites is 1. The Kier molecular flexibility index (Phi) is 9.54. The van der Waals surface area contributed by atoms with Crippen molar-refractivity contribution in [2.45, 2.75) is 40.7 Å². The van der Waals surface area contributed by atoms with Crippen LogP contribution in [0.1, 0.15) is 51.8 Å². The Morgan fingerprint density at radius 3 is 2.46 bits per heavy atom. The van der Waals surface area contributed by atoms with Crippen LogP contribution in [0.5, 0.6) is 23.0 Å². The maximum absolute atomic E-state index is 14.0. The normalized spacial score (nSPS) is 14.9. The number of esters is 1. The van der Waals surface area contributed by atoms with Crippen LogP contribution in [0, 0.1) is 5.92 Å². The van der Waals surface area contributed by atoms with Crippen LogP contribution in [0.4, 0.5) is 0 Å². The van der Waals surface area contributed by atoms with Crippen LogP contribution < -0.4 is 33.8 Å². The summed E-state index contributed by atoms with van der Waals surface area (Å²) in [6.45, 7) is 10.6. The topological polar surface area (TPSA) is 97.6 Å². The van der Waals surface area contributed by atoms with Crippen molar-refractivity contribution in [2.75, 3.05) is 34.0 Å². The SMILES string of the molecule is CCOC(=O)C1=C(C)N=c2s/c(=C/c3ccc(OCC(C)C)c(OC)c3)c(=O)n2[C@@H]1c1cccc(OC)c1OCC. The lowest BCUT2D eigenvalue weighted by Gasteiger charge is -2.26. The summed E-state index contributed by atoms with van der Waals surface area (Å²) < 4.78 is 30.4. The fourth-order valence-electron chi connectivity index (χ4n) is 4.59. The van der Waals surface area contributed by atoms with Crippen molar-refractivity contribution in [3.05, 3.63) is 78.5 Å². The van der Waals surface area contributed by atoms with E-state index in [1.165, 1.54) is 15.9 Å². The Balaban J connectivity index is 1.92. The number of rotatable bonds is 11. The van der Waals surface area contributed by atoms with Gasteiger partial charge in [-0.3, -0.25) is 9.36 Å². The van der Waals surface area contributed by atoms with Gasteiger partial charge in [-0.15, -0.1) is 0 Å². The van der Waals surface area contributed by atoms with Crippen molar-refractivity contribution >= 4 is 23.4 Å². The van der Waals surface area contributed by atoms with Gasteiger partial charge < -0.3 is 23.7 Å². The van der Waals surface area contributed by atoms with E-state index in [4.69, 9.17) is 23.7 Å². The van der Waals surface area contributed by atoms with Gasteiger partial charge in [-0.2, -0.15) is 0 Å². The number of hydrogen-bond donors (Lipinski definition) is 0. The van der Waals surface area contributed by atoms with Crippen molar-refractivity contribution in [1.29, 1.82) is 0 Å². The summed E-state index contributed by atoms with van der Waals surface area (Å²) in [7, 11) is 3.13. The van der Waals surface area contributed by atoms with Crippen molar-refractivity contribution < 1.29 is 28.5 Å². The Morgan fingerprint density at radius 1 is 1.05 bits per heavy atom. The van der Waals surface area contributed by atoms with Gasteiger partial charge in [0, 0.05) is 5.56 Å². The first-order valence-corrected chi connectivity index (χ1v) is 14.4. The highest BCUT2D eigenvalue weighted by molar-refractivity contribution is 7.07. The molecule has 41 heavy (non-hydrogen) atoms. The third kappa shape index (κ3) is 6.17. The van der Waals surface area contributed by atoms with Crippen LogP contribution in [0.15, 0.2) is 57.5 Å². The monoisotopic (exact) mass is 580 g/mol. The first-order chi connectivity index (χ1) is 19.7. The van der Waals surface area contributed by atoms with Gasteiger partial charge in [0.1, 0.15) is 6.04 Å². The summed E-state index contributed by atoms with van der Waals surface area (Å²) >= 11 is 1.24. The second-order valence-electron chi connectivity index (χ2n) is 9.73. The third-order valence-corrected chi connectivity index (χ3v) is 7.37. The van der Waals surface area contributed by atoms with E-state index >= 15 is 0 Å². The molecule has 3 aromatic rings. The fraction of sp³-hybridized carbons (Fsp3) is 0.387. The summed E-state index contributed by atoms with van der Waals surface area (Å²) in [4.78, 5) is 32.4. The number of allylic oxidation sites excluding steroid dienone is 1. The molecule has 0 saturated heterocycles. The molecule has 0 aliphatic carbocycles. The first-order valence-electron chi connectivity index (χ1n) is 13.5. The van der Waals surface area contributed by atoms with Crippen LogP contribution in [0.3, 0.4) is 0 Å². The summed E-state index contributed by atoms with van der Waals surface area (Å²) in [5.41, 5.74) is 1.81. The molecule has 0 bridgehead atoms. The maximum Gasteiger partial charge on any atom is 0.338 e. The van der Waals surface area contributed by atoms with E-state index in [0.717, 1.165) is 5.56 Å². The molecule has 4 rings (SSSR count). The Hall–Kier alpha value is -4.05. The van der Waals surface area contributed by atoms with E-state index in [1.54, 1.807) is 46.3 Å². The van der Waals surface area contributed by atoms with Crippen LogP contribution in [-0.2, 0) is 9.53 Å². The van der Waals surface area contributed by atoms with Gasteiger partial charge in [0.15, 0.2) is 27.8 Å².